The van der Waals surface area contributed by atoms with Gasteiger partial charge in [-0.05, 0) is 74.0 Å². The Balaban J connectivity index is 1.65. The van der Waals surface area contributed by atoms with Gasteiger partial charge < -0.3 is 5.11 Å². The number of nitro groups is 1. The molecule has 130 valence electrons. The molecule has 4 nitrogen and oxygen atoms in total. The standard InChI is InChI=1S/C19H31NO3/c1-18-11-9-16-14(15(18)7-8-17(18)20(22)23)6-5-13-4-2-3-10-19(13,16)12-21/h13-17,21H,2-12H2,1H3/t13?,14-,15?,16?,17-,18-,19+/m0/s1. The van der Waals surface area contributed by atoms with E-state index in [2.05, 4.69) is 6.92 Å². The highest BCUT2D eigenvalue weighted by Crippen LogP contribution is 2.66. The molecule has 0 amide bonds. The van der Waals surface area contributed by atoms with E-state index in [-0.39, 0.29) is 21.8 Å². The molecule has 4 rings (SSSR count). The highest BCUT2D eigenvalue weighted by atomic mass is 16.6. The topological polar surface area (TPSA) is 63.4 Å². The molecule has 4 heteroatoms. The highest BCUT2D eigenvalue weighted by Gasteiger charge is 2.63. The van der Waals surface area contributed by atoms with Crippen LogP contribution < -0.4 is 0 Å². The second-order valence-electron chi connectivity index (χ2n) is 9.21. The number of aliphatic hydroxyl groups excluding tert-OH is 1. The summed E-state index contributed by atoms with van der Waals surface area (Å²) in [6.45, 7) is 2.55. The van der Waals surface area contributed by atoms with E-state index < -0.39 is 0 Å². The molecule has 0 spiro atoms. The molecule has 0 heterocycles. The molecule has 0 aromatic carbocycles. The molecule has 4 aliphatic carbocycles. The van der Waals surface area contributed by atoms with Gasteiger partial charge in [-0.15, -0.1) is 0 Å². The zero-order chi connectivity index (χ0) is 16.2. The Morgan fingerprint density at radius 3 is 2.61 bits per heavy atom. The Hall–Kier alpha value is -0.640. The van der Waals surface area contributed by atoms with E-state index in [9.17, 15) is 15.2 Å². The highest BCUT2D eigenvalue weighted by molar-refractivity contribution is 5.10. The van der Waals surface area contributed by atoms with E-state index in [0.717, 1.165) is 25.7 Å². The Kier molecular flexibility index (Phi) is 3.75. The fourth-order valence-electron chi connectivity index (χ4n) is 7.70. The van der Waals surface area contributed by atoms with Crippen molar-refractivity contribution < 1.29 is 10.0 Å². The lowest BCUT2D eigenvalue weighted by atomic mass is 9.45. The maximum atomic E-state index is 11.5. The molecule has 3 unspecified atom stereocenters. The lowest BCUT2D eigenvalue weighted by Gasteiger charge is -2.60. The lowest BCUT2D eigenvalue weighted by molar-refractivity contribution is -0.540. The Morgan fingerprint density at radius 1 is 1.04 bits per heavy atom. The van der Waals surface area contributed by atoms with Crippen molar-refractivity contribution in [2.75, 3.05) is 6.61 Å². The van der Waals surface area contributed by atoms with Crippen LogP contribution in [-0.4, -0.2) is 22.7 Å². The average Bonchev–Trinajstić information content (AvgIpc) is 2.91. The van der Waals surface area contributed by atoms with E-state index in [0.29, 0.717) is 30.3 Å². The minimum absolute atomic E-state index is 0.00831. The van der Waals surface area contributed by atoms with Gasteiger partial charge in [0.2, 0.25) is 6.04 Å². The molecule has 0 saturated heterocycles. The fourth-order valence-corrected chi connectivity index (χ4v) is 7.70. The molecule has 1 N–H and O–H groups in total. The Bertz CT molecular complexity index is 495. The summed E-state index contributed by atoms with van der Waals surface area (Å²) in [5.41, 5.74) is 0.0536. The number of hydrogen-bond acceptors (Lipinski definition) is 3. The van der Waals surface area contributed by atoms with Crippen LogP contribution in [0.5, 0.6) is 0 Å². The summed E-state index contributed by atoms with van der Waals surface area (Å²) in [4.78, 5) is 11.5. The maximum Gasteiger partial charge on any atom is 0.218 e. The summed E-state index contributed by atoms with van der Waals surface area (Å²) in [7, 11) is 0. The molecular weight excluding hydrogens is 290 g/mol. The van der Waals surface area contributed by atoms with Crippen molar-refractivity contribution in [3.05, 3.63) is 10.1 Å². The van der Waals surface area contributed by atoms with E-state index >= 15 is 0 Å². The predicted octanol–water partition coefficient (Wildman–Crippen LogP) is 4.04. The van der Waals surface area contributed by atoms with Gasteiger partial charge in [-0.1, -0.05) is 19.8 Å². The van der Waals surface area contributed by atoms with Gasteiger partial charge in [0.15, 0.2) is 0 Å². The quantitative estimate of drug-likeness (QED) is 0.617. The molecule has 0 aliphatic heterocycles. The van der Waals surface area contributed by atoms with Crippen molar-refractivity contribution in [3.63, 3.8) is 0 Å². The molecule has 4 fully saturated rings. The second-order valence-corrected chi connectivity index (χ2v) is 9.21. The third-order valence-corrected chi connectivity index (χ3v) is 8.78. The maximum absolute atomic E-state index is 11.5. The summed E-state index contributed by atoms with van der Waals surface area (Å²) < 4.78 is 0. The minimum Gasteiger partial charge on any atom is -0.396 e. The SMILES string of the molecule is C[C@]12CCC3[C@@H](CCC4CCCC[C@@]43CO)C1CC[C@@H]2[N+](=O)[O-]. The largest absolute Gasteiger partial charge is 0.396 e. The van der Waals surface area contributed by atoms with Gasteiger partial charge >= 0.3 is 0 Å². The van der Waals surface area contributed by atoms with Gasteiger partial charge in [-0.25, -0.2) is 0 Å². The summed E-state index contributed by atoms with van der Waals surface area (Å²) in [5, 5.41) is 21.9. The van der Waals surface area contributed by atoms with Gasteiger partial charge in [-0.2, -0.15) is 0 Å². The van der Waals surface area contributed by atoms with Crippen molar-refractivity contribution in [2.24, 2.45) is 34.5 Å². The second kappa shape index (κ2) is 5.44. The molecular formula is C19H31NO3. The number of rotatable bonds is 2. The van der Waals surface area contributed by atoms with Crippen LogP contribution in [0.25, 0.3) is 0 Å². The summed E-state index contributed by atoms with van der Waals surface area (Å²) in [6, 6.07) is -0.331. The minimum atomic E-state index is -0.331. The van der Waals surface area contributed by atoms with E-state index in [1.807, 2.05) is 0 Å². The van der Waals surface area contributed by atoms with Gasteiger partial charge in [0.1, 0.15) is 0 Å². The zero-order valence-electron chi connectivity index (χ0n) is 14.4. The van der Waals surface area contributed by atoms with Crippen molar-refractivity contribution >= 4 is 0 Å². The smallest absolute Gasteiger partial charge is 0.218 e. The van der Waals surface area contributed by atoms with E-state index in [1.54, 1.807) is 0 Å². The summed E-state index contributed by atoms with van der Waals surface area (Å²) in [6.07, 6.45) is 11.5. The van der Waals surface area contributed by atoms with Crippen LogP contribution in [0.15, 0.2) is 0 Å². The fraction of sp³-hybridized carbons (Fsp3) is 1.00. The van der Waals surface area contributed by atoms with E-state index in [1.165, 1.54) is 38.5 Å². The molecule has 0 aromatic rings. The van der Waals surface area contributed by atoms with Crippen LogP contribution in [-0.2, 0) is 0 Å². The van der Waals surface area contributed by atoms with Crippen LogP contribution in [0.1, 0.15) is 71.1 Å². The van der Waals surface area contributed by atoms with E-state index in [4.69, 9.17) is 0 Å². The van der Waals surface area contributed by atoms with Crippen molar-refractivity contribution in [1.82, 2.24) is 0 Å². The van der Waals surface area contributed by atoms with Crippen molar-refractivity contribution in [3.8, 4) is 0 Å². The number of aliphatic hydroxyl groups is 1. The first-order chi connectivity index (χ1) is 11.0. The first-order valence-corrected chi connectivity index (χ1v) is 9.77. The molecule has 23 heavy (non-hydrogen) atoms. The summed E-state index contributed by atoms with van der Waals surface area (Å²) >= 11 is 0. The van der Waals surface area contributed by atoms with Crippen LogP contribution in [0, 0.1) is 44.6 Å². The Labute approximate surface area is 139 Å². The predicted molar refractivity (Wildman–Crippen MR) is 88.5 cm³/mol. The first kappa shape index (κ1) is 15.9. The molecule has 0 aromatic heterocycles. The third-order valence-electron chi connectivity index (χ3n) is 8.78. The van der Waals surface area contributed by atoms with Gasteiger partial charge in [-0.3, -0.25) is 10.1 Å². The molecule has 7 atom stereocenters. The van der Waals surface area contributed by atoms with Gasteiger partial charge in [0.05, 0.1) is 0 Å². The van der Waals surface area contributed by atoms with Crippen LogP contribution in [0.3, 0.4) is 0 Å². The zero-order valence-corrected chi connectivity index (χ0v) is 14.4. The van der Waals surface area contributed by atoms with Crippen molar-refractivity contribution in [2.45, 2.75) is 77.2 Å². The molecule has 4 saturated carbocycles. The molecule has 0 bridgehead atoms. The number of hydrogen-bond donors (Lipinski definition) is 1. The average molecular weight is 321 g/mol. The summed E-state index contributed by atoms with van der Waals surface area (Å²) in [5.74, 6) is 2.47. The lowest BCUT2D eigenvalue weighted by Crippen LogP contribution is -2.56. The number of fused-ring (bicyclic) bond motifs is 5. The van der Waals surface area contributed by atoms with Crippen LogP contribution in [0.2, 0.25) is 0 Å². The normalized spacial score (nSPS) is 52.3. The third kappa shape index (κ3) is 2.06. The van der Waals surface area contributed by atoms with Gasteiger partial charge in [0.25, 0.3) is 0 Å². The monoisotopic (exact) mass is 321 g/mol. The molecule has 0 radical (unpaired) electrons. The number of nitrogens with zero attached hydrogens (tertiary/aromatic N) is 1. The van der Waals surface area contributed by atoms with Crippen LogP contribution in [0.4, 0.5) is 0 Å². The van der Waals surface area contributed by atoms with Gasteiger partial charge in [0, 0.05) is 23.4 Å². The Morgan fingerprint density at radius 2 is 1.87 bits per heavy atom. The van der Waals surface area contributed by atoms with Crippen LogP contribution >= 0.6 is 0 Å². The molecule has 4 aliphatic rings. The first-order valence-electron chi connectivity index (χ1n) is 9.77. The van der Waals surface area contributed by atoms with Crippen molar-refractivity contribution in [1.29, 1.82) is 0 Å².